The topological polar surface area (TPSA) is 73.9 Å². The quantitative estimate of drug-likeness (QED) is 0.560. The van der Waals surface area contributed by atoms with E-state index in [9.17, 15) is 9.59 Å². The second-order valence-corrected chi connectivity index (χ2v) is 6.57. The van der Waals surface area contributed by atoms with Crippen LogP contribution < -0.4 is 14.8 Å². The molecule has 154 valence electrons. The van der Waals surface area contributed by atoms with Crippen molar-refractivity contribution >= 4 is 17.6 Å². The van der Waals surface area contributed by atoms with E-state index in [4.69, 9.17) is 14.2 Å². The molecule has 3 aromatic rings. The number of hydrogen-bond donors (Lipinski definition) is 1. The van der Waals surface area contributed by atoms with E-state index in [1.165, 1.54) is 14.0 Å². The van der Waals surface area contributed by atoms with Crippen molar-refractivity contribution in [3.8, 4) is 11.5 Å². The van der Waals surface area contributed by atoms with Gasteiger partial charge in [0.05, 0.1) is 12.7 Å². The fraction of sp³-hybridized carbons (Fsp3) is 0.167. The molecule has 0 fully saturated rings. The molecule has 0 aliphatic carbocycles. The maximum Gasteiger partial charge on any atom is 0.339 e. The maximum absolute atomic E-state index is 12.4. The molecule has 0 aromatic heterocycles. The second kappa shape index (κ2) is 10.1. The molecule has 1 N–H and O–H groups in total. The number of rotatable bonds is 8. The molecule has 30 heavy (non-hydrogen) atoms. The van der Waals surface area contributed by atoms with E-state index in [2.05, 4.69) is 5.32 Å². The fourth-order valence-corrected chi connectivity index (χ4v) is 2.65. The van der Waals surface area contributed by atoms with Gasteiger partial charge in [0.1, 0.15) is 18.1 Å². The van der Waals surface area contributed by atoms with E-state index < -0.39 is 18.0 Å². The van der Waals surface area contributed by atoms with Crippen molar-refractivity contribution < 1.29 is 23.8 Å². The predicted molar refractivity (Wildman–Crippen MR) is 114 cm³/mol. The average Bonchev–Trinajstić information content (AvgIpc) is 2.79. The van der Waals surface area contributed by atoms with Gasteiger partial charge in [0.2, 0.25) is 0 Å². The Bertz CT molecular complexity index is 986. The first-order valence-corrected chi connectivity index (χ1v) is 9.48. The van der Waals surface area contributed by atoms with Crippen LogP contribution in [0.2, 0.25) is 0 Å². The molecule has 6 heteroatoms. The molecular formula is C24H23NO5. The van der Waals surface area contributed by atoms with Gasteiger partial charge in [-0.3, -0.25) is 4.79 Å². The largest absolute Gasteiger partial charge is 0.497 e. The number of amides is 1. The third kappa shape index (κ3) is 5.85. The maximum atomic E-state index is 12.4. The summed E-state index contributed by atoms with van der Waals surface area (Å²) < 4.78 is 16.1. The minimum atomic E-state index is -0.960. The molecule has 0 bridgehead atoms. The average molecular weight is 405 g/mol. The van der Waals surface area contributed by atoms with Crippen LogP contribution in [0.1, 0.15) is 22.8 Å². The molecule has 0 aliphatic heterocycles. The van der Waals surface area contributed by atoms with E-state index in [0.29, 0.717) is 29.4 Å². The number of carbonyl (C=O) groups is 2. The molecule has 0 unspecified atom stereocenters. The molecule has 0 aliphatic rings. The minimum Gasteiger partial charge on any atom is -0.497 e. The lowest BCUT2D eigenvalue weighted by atomic mass is 10.2. The number of esters is 1. The van der Waals surface area contributed by atoms with Gasteiger partial charge in [0, 0.05) is 5.69 Å². The minimum absolute atomic E-state index is 0.314. The highest BCUT2D eigenvalue weighted by Crippen LogP contribution is 2.18. The molecule has 0 saturated carbocycles. The molecule has 3 aromatic carbocycles. The number of ether oxygens (including phenoxy) is 3. The number of benzene rings is 3. The van der Waals surface area contributed by atoms with Gasteiger partial charge in [-0.1, -0.05) is 36.4 Å². The van der Waals surface area contributed by atoms with Gasteiger partial charge >= 0.3 is 5.97 Å². The van der Waals surface area contributed by atoms with Gasteiger partial charge in [-0.25, -0.2) is 4.79 Å². The van der Waals surface area contributed by atoms with Crippen LogP contribution in [-0.4, -0.2) is 25.1 Å². The van der Waals surface area contributed by atoms with Gasteiger partial charge < -0.3 is 19.5 Å². The summed E-state index contributed by atoms with van der Waals surface area (Å²) in [5, 5.41) is 2.73. The third-order valence-corrected chi connectivity index (χ3v) is 4.33. The molecular weight excluding hydrogens is 382 g/mol. The number of hydrogen-bond acceptors (Lipinski definition) is 5. The van der Waals surface area contributed by atoms with Crippen molar-refractivity contribution in [3.05, 3.63) is 90.0 Å². The molecule has 0 spiro atoms. The zero-order valence-electron chi connectivity index (χ0n) is 16.8. The highest BCUT2D eigenvalue weighted by atomic mass is 16.5. The van der Waals surface area contributed by atoms with Crippen LogP contribution in [-0.2, 0) is 16.1 Å². The van der Waals surface area contributed by atoms with Crippen molar-refractivity contribution in [2.45, 2.75) is 19.6 Å². The normalized spacial score (nSPS) is 11.3. The summed E-state index contributed by atoms with van der Waals surface area (Å²) in [5.74, 6) is 0.205. The van der Waals surface area contributed by atoms with Crippen LogP contribution in [0.25, 0.3) is 0 Å². The molecule has 6 nitrogen and oxygen atoms in total. The van der Waals surface area contributed by atoms with E-state index in [0.717, 1.165) is 5.56 Å². The Morgan fingerprint density at radius 1 is 0.900 bits per heavy atom. The van der Waals surface area contributed by atoms with Crippen LogP contribution in [0.4, 0.5) is 5.69 Å². The summed E-state index contributed by atoms with van der Waals surface area (Å²) in [7, 11) is 1.51. The van der Waals surface area contributed by atoms with Gasteiger partial charge in [0.15, 0.2) is 6.10 Å². The standard InChI is InChI=1S/C24H23NO5/c1-17(30-24(27)19-9-6-10-22(15-19)28-2)23(26)25-20-11-13-21(14-12-20)29-16-18-7-4-3-5-8-18/h3-15,17H,16H2,1-2H3,(H,25,26)/t17-/m1/s1. The van der Waals surface area contributed by atoms with Gasteiger partial charge in [-0.05, 0) is 55.0 Å². The summed E-state index contributed by atoms with van der Waals surface area (Å²) in [5.41, 5.74) is 1.96. The van der Waals surface area contributed by atoms with Gasteiger partial charge in [-0.15, -0.1) is 0 Å². The Morgan fingerprint density at radius 3 is 2.33 bits per heavy atom. The lowest BCUT2D eigenvalue weighted by molar-refractivity contribution is -0.123. The van der Waals surface area contributed by atoms with Crippen molar-refractivity contribution in [2.75, 3.05) is 12.4 Å². The monoisotopic (exact) mass is 405 g/mol. The number of carbonyl (C=O) groups excluding carboxylic acids is 2. The Labute approximate surface area is 175 Å². The summed E-state index contributed by atoms with van der Waals surface area (Å²) in [4.78, 5) is 24.6. The molecule has 0 saturated heterocycles. The molecule has 0 radical (unpaired) electrons. The van der Waals surface area contributed by atoms with Crippen molar-refractivity contribution in [2.24, 2.45) is 0 Å². The van der Waals surface area contributed by atoms with Crippen LogP contribution >= 0.6 is 0 Å². The zero-order valence-corrected chi connectivity index (χ0v) is 16.8. The van der Waals surface area contributed by atoms with E-state index in [-0.39, 0.29) is 0 Å². The second-order valence-electron chi connectivity index (χ2n) is 6.57. The number of anilines is 1. The van der Waals surface area contributed by atoms with Crippen LogP contribution in [0.5, 0.6) is 11.5 Å². The first-order valence-electron chi connectivity index (χ1n) is 9.48. The number of nitrogens with one attached hydrogen (secondary N) is 1. The number of methoxy groups -OCH3 is 1. The van der Waals surface area contributed by atoms with Crippen molar-refractivity contribution in [1.29, 1.82) is 0 Å². The highest BCUT2D eigenvalue weighted by molar-refractivity contribution is 5.97. The van der Waals surface area contributed by atoms with E-state index >= 15 is 0 Å². The summed E-state index contributed by atoms with van der Waals surface area (Å²) >= 11 is 0. The zero-order chi connectivity index (χ0) is 21.3. The first kappa shape index (κ1) is 20.9. The molecule has 0 heterocycles. The Morgan fingerprint density at radius 2 is 1.63 bits per heavy atom. The Hall–Kier alpha value is -3.80. The lowest BCUT2D eigenvalue weighted by Gasteiger charge is -2.14. The lowest BCUT2D eigenvalue weighted by Crippen LogP contribution is -2.30. The van der Waals surface area contributed by atoms with Gasteiger partial charge in [0.25, 0.3) is 5.91 Å². The van der Waals surface area contributed by atoms with Crippen molar-refractivity contribution in [3.63, 3.8) is 0 Å². The van der Waals surface area contributed by atoms with E-state index in [1.54, 1.807) is 48.5 Å². The molecule has 1 atom stereocenters. The van der Waals surface area contributed by atoms with Crippen LogP contribution in [0.15, 0.2) is 78.9 Å². The Kier molecular flexibility index (Phi) is 7.05. The summed E-state index contributed by atoms with van der Waals surface area (Å²) in [6.45, 7) is 1.98. The predicted octanol–water partition coefficient (Wildman–Crippen LogP) is 4.46. The summed E-state index contributed by atoms with van der Waals surface area (Å²) in [6, 6.07) is 23.4. The molecule has 1 amide bonds. The SMILES string of the molecule is COc1cccc(C(=O)O[C@H](C)C(=O)Nc2ccc(OCc3ccccc3)cc2)c1. The first-order chi connectivity index (χ1) is 14.5. The van der Waals surface area contributed by atoms with E-state index in [1.807, 2.05) is 30.3 Å². The highest BCUT2D eigenvalue weighted by Gasteiger charge is 2.19. The van der Waals surface area contributed by atoms with Crippen LogP contribution in [0, 0.1) is 0 Å². The summed E-state index contributed by atoms with van der Waals surface area (Å²) in [6.07, 6.45) is -0.960. The molecule has 3 rings (SSSR count). The van der Waals surface area contributed by atoms with Crippen molar-refractivity contribution in [1.82, 2.24) is 0 Å². The van der Waals surface area contributed by atoms with Crippen LogP contribution in [0.3, 0.4) is 0 Å². The van der Waals surface area contributed by atoms with Gasteiger partial charge in [-0.2, -0.15) is 0 Å². The fourth-order valence-electron chi connectivity index (χ4n) is 2.65. The Balaban J connectivity index is 1.51. The third-order valence-electron chi connectivity index (χ3n) is 4.33. The smallest absolute Gasteiger partial charge is 0.339 e.